The van der Waals surface area contributed by atoms with Crippen molar-refractivity contribution >= 4 is 51.4 Å². The maximum atomic E-state index is 11.4. The van der Waals surface area contributed by atoms with Crippen LogP contribution in [0.4, 0.5) is 0 Å². The summed E-state index contributed by atoms with van der Waals surface area (Å²) in [6.07, 6.45) is -0.0398. The van der Waals surface area contributed by atoms with Gasteiger partial charge in [0.05, 0.1) is 18.1 Å². The van der Waals surface area contributed by atoms with Gasteiger partial charge >= 0.3 is 0 Å². The Balaban J connectivity index is 0.00000364. The molecule has 7 nitrogen and oxygen atoms in total. The molecule has 1 aliphatic rings. The van der Waals surface area contributed by atoms with E-state index in [0.29, 0.717) is 37.2 Å². The first kappa shape index (κ1) is 24.3. The molecule has 27 heavy (non-hydrogen) atoms. The molecule has 10 heteroatoms. The van der Waals surface area contributed by atoms with Crippen molar-refractivity contribution in [2.24, 2.45) is 4.99 Å². The van der Waals surface area contributed by atoms with Crippen molar-refractivity contribution in [3.63, 3.8) is 0 Å². The van der Waals surface area contributed by atoms with Gasteiger partial charge < -0.3 is 15.4 Å². The largest absolute Gasteiger partial charge is 0.489 e. The first-order valence-corrected chi connectivity index (χ1v) is 10.9. The third-order valence-electron chi connectivity index (χ3n) is 4.09. The standard InChI is InChI=1S/C17H27ClN4O3S.HI/c1-14(25-16-5-3-15(18)4-6-16)13-21-17(19-2)20-7-8-22-9-11-26(23,24)12-10-22;/h3-6,14H,7-13H2,1-2H3,(H2,19,20,21);1H. The molecule has 0 aromatic heterocycles. The second kappa shape index (κ2) is 11.9. The van der Waals surface area contributed by atoms with Gasteiger partial charge in [0.2, 0.25) is 0 Å². The molecule has 1 fully saturated rings. The third-order valence-corrected chi connectivity index (χ3v) is 5.95. The summed E-state index contributed by atoms with van der Waals surface area (Å²) in [5, 5.41) is 7.14. The van der Waals surface area contributed by atoms with Gasteiger partial charge in [0.25, 0.3) is 0 Å². The van der Waals surface area contributed by atoms with E-state index < -0.39 is 9.84 Å². The fraction of sp³-hybridized carbons (Fsp3) is 0.588. The van der Waals surface area contributed by atoms with E-state index in [1.807, 2.05) is 19.1 Å². The first-order valence-electron chi connectivity index (χ1n) is 8.67. The predicted octanol–water partition coefficient (Wildman–Crippen LogP) is 1.62. The van der Waals surface area contributed by atoms with Crippen LogP contribution in [0.5, 0.6) is 5.75 Å². The number of guanidine groups is 1. The summed E-state index contributed by atoms with van der Waals surface area (Å²) < 4.78 is 28.7. The summed E-state index contributed by atoms with van der Waals surface area (Å²) in [5.41, 5.74) is 0. The maximum absolute atomic E-state index is 11.4. The summed E-state index contributed by atoms with van der Waals surface area (Å²) in [4.78, 5) is 6.34. The van der Waals surface area contributed by atoms with E-state index in [9.17, 15) is 8.42 Å². The van der Waals surface area contributed by atoms with E-state index in [1.54, 1.807) is 19.2 Å². The molecule has 0 saturated carbocycles. The molecule has 2 N–H and O–H groups in total. The number of hydrogen-bond donors (Lipinski definition) is 2. The van der Waals surface area contributed by atoms with Crippen molar-refractivity contribution < 1.29 is 13.2 Å². The molecule has 1 aromatic carbocycles. The van der Waals surface area contributed by atoms with Crippen LogP contribution < -0.4 is 15.4 Å². The van der Waals surface area contributed by atoms with Gasteiger partial charge in [-0.15, -0.1) is 24.0 Å². The topological polar surface area (TPSA) is 83.0 Å². The highest BCUT2D eigenvalue weighted by atomic mass is 127. The lowest BCUT2D eigenvalue weighted by atomic mass is 10.3. The van der Waals surface area contributed by atoms with E-state index in [-0.39, 0.29) is 41.6 Å². The van der Waals surface area contributed by atoms with Crippen molar-refractivity contribution in [1.29, 1.82) is 0 Å². The molecule has 2 rings (SSSR count). The van der Waals surface area contributed by atoms with E-state index in [0.717, 1.165) is 12.3 Å². The number of benzene rings is 1. The van der Waals surface area contributed by atoms with Crippen molar-refractivity contribution in [1.82, 2.24) is 15.5 Å². The van der Waals surface area contributed by atoms with Crippen LogP contribution in [0, 0.1) is 0 Å². The smallest absolute Gasteiger partial charge is 0.191 e. The van der Waals surface area contributed by atoms with Crippen LogP contribution in [0.15, 0.2) is 29.3 Å². The minimum Gasteiger partial charge on any atom is -0.489 e. The Morgan fingerprint density at radius 3 is 2.48 bits per heavy atom. The van der Waals surface area contributed by atoms with Crippen molar-refractivity contribution in [3.05, 3.63) is 29.3 Å². The van der Waals surface area contributed by atoms with Crippen molar-refractivity contribution in [3.8, 4) is 5.75 Å². The molecular formula is C17H28ClIN4O3S. The van der Waals surface area contributed by atoms with Crippen LogP contribution in [0.2, 0.25) is 5.02 Å². The van der Waals surface area contributed by atoms with Gasteiger partial charge in [-0.1, -0.05) is 11.6 Å². The number of aliphatic imine (C=N–C) groups is 1. The quantitative estimate of drug-likeness (QED) is 0.317. The number of halogens is 2. The maximum Gasteiger partial charge on any atom is 0.191 e. The molecule has 1 atom stereocenters. The minimum atomic E-state index is -2.83. The van der Waals surface area contributed by atoms with Gasteiger partial charge in [-0.05, 0) is 31.2 Å². The van der Waals surface area contributed by atoms with Crippen molar-refractivity contribution in [2.45, 2.75) is 13.0 Å². The average Bonchev–Trinajstić information content (AvgIpc) is 2.61. The predicted molar refractivity (Wildman–Crippen MR) is 121 cm³/mol. The first-order chi connectivity index (χ1) is 12.4. The molecule has 0 spiro atoms. The molecule has 1 aliphatic heterocycles. The Hall–Kier alpha value is -0.780. The van der Waals surface area contributed by atoms with E-state index in [4.69, 9.17) is 16.3 Å². The Kier molecular flexibility index (Phi) is 10.7. The van der Waals surface area contributed by atoms with Crippen LogP contribution in [0.25, 0.3) is 0 Å². The number of ether oxygens (including phenoxy) is 1. The Bertz CT molecular complexity index is 687. The van der Waals surface area contributed by atoms with Crippen LogP contribution in [0.3, 0.4) is 0 Å². The lowest BCUT2D eigenvalue weighted by molar-refractivity contribution is 0.223. The fourth-order valence-corrected chi connectivity index (χ4v) is 3.96. The van der Waals surface area contributed by atoms with Gasteiger partial charge in [-0.3, -0.25) is 9.89 Å². The SMILES string of the molecule is CN=C(NCCN1CCS(=O)(=O)CC1)NCC(C)Oc1ccc(Cl)cc1.I. The lowest BCUT2D eigenvalue weighted by Crippen LogP contribution is -2.47. The number of sulfone groups is 1. The van der Waals surface area contributed by atoms with E-state index in [2.05, 4.69) is 20.5 Å². The molecule has 1 aromatic rings. The highest BCUT2D eigenvalue weighted by molar-refractivity contribution is 14.0. The zero-order valence-corrected chi connectivity index (χ0v) is 19.6. The van der Waals surface area contributed by atoms with E-state index >= 15 is 0 Å². The molecule has 0 amide bonds. The lowest BCUT2D eigenvalue weighted by Gasteiger charge is -2.26. The third kappa shape index (κ3) is 9.31. The van der Waals surface area contributed by atoms with Crippen molar-refractivity contribution in [2.75, 3.05) is 51.3 Å². The second-order valence-electron chi connectivity index (χ2n) is 6.26. The monoisotopic (exact) mass is 530 g/mol. The summed E-state index contributed by atoms with van der Waals surface area (Å²) in [6, 6.07) is 7.27. The van der Waals surface area contributed by atoms with Gasteiger partial charge in [-0.25, -0.2) is 8.42 Å². The molecule has 1 heterocycles. The summed E-state index contributed by atoms with van der Waals surface area (Å²) in [6.45, 7) is 5.26. The summed E-state index contributed by atoms with van der Waals surface area (Å²) >= 11 is 5.86. The second-order valence-corrected chi connectivity index (χ2v) is 9.00. The van der Waals surface area contributed by atoms with Crippen LogP contribution >= 0.6 is 35.6 Å². The van der Waals surface area contributed by atoms with Crippen LogP contribution in [-0.4, -0.2) is 76.7 Å². The molecular weight excluding hydrogens is 503 g/mol. The molecule has 1 saturated heterocycles. The number of rotatable bonds is 7. The Labute approximate surface area is 183 Å². The molecule has 1 unspecified atom stereocenters. The fourth-order valence-electron chi connectivity index (χ4n) is 2.55. The van der Waals surface area contributed by atoms with E-state index in [1.165, 1.54) is 0 Å². The summed E-state index contributed by atoms with van der Waals surface area (Å²) in [7, 11) is -1.11. The zero-order chi connectivity index (χ0) is 19.0. The number of nitrogens with one attached hydrogen (secondary N) is 2. The molecule has 154 valence electrons. The highest BCUT2D eigenvalue weighted by Crippen LogP contribution is 2.16. The number of hydrogen-bond acceptors (Lipinski definition) is 5. The van der Waals surface area contributed by atoms with Crippen LogP contribution in [0.1, 0.15) is 6.92 Å². The van der Waals surface area contributed by atoms with Gasteiger partial charge in [-0.2, -0.15) is 0 Å². The van der Waals surface area contributed by atoms with Crippen LogP contribution in [-0.2, 0) is 9.84 Å². The molecule has 0 bridgehead atoms. The Morgan fingerprint density at radius 2 is 1.89 bits per heavy atom. The minimum absolute atomic E-state index is 0. The molecule has 0 aliphatic carbocycles. The van der Waals surface area contributed by atoms with Gasteiger partial charge in [0.15, 0.2) is 15.8 Å². The van der Waals surface area contributed by atoms with Gasteiger partial charge in [0.1, 0.15) is 11.9 Å². The molecule has 0 radical (unpaired) electrons. The van der Waals surface area contributed by atoms with Gasteiger partial charge in [0, 0.05) is 38.2 Å². The Morgan fingerprint density at radius 1 is 1.26 bits per heavy atom. The summed E-state index contributed by atoms with van der Waals surface area (Å²) in [5.74, 6) is 1.96. The average molecular weight is 531 g/mol. The normalized spacial score (nSPS) is 18.3. The number of nitrogens with zero attached hydrogens (tertiary/aromatic N) is 2. The highest BCUT2D eigenvalue weighted by Gasteiger charge is 2.20. The zero-order valence-electron chi connectivity index (χ0n) is 15.7.